The zero-order valence-electron chi connectivity index (χ0n) is 16.9. The molecule has 0 spiro atoms. The second kappa shape index (κ2) is 8.39. The fourth-order valence-corrected chi connectivity index (χ4v) is 3.68. The molecular formula is C24H21N5O2. The number of carbonyl (C=O) groups excluding carboxylic acids is 1. The van der Waals surface area contributed by atoms with Gasteiger partial charge in [0.15, 0.2) is 12.4 Å². The van der Waals surface area contributed by atoms with Gasteiger partial charge in [0.25, 0.3) is 5.91 Å². The summed E-state index contributed by atoms with van der Waals surface area (Å²) < 4.78 is 5.52. The first-order valence-corrected chi connectivity index (χ1v) is 10.2. The molecule has 0 atom stereocenters. The molecule has 31 heavy (non-hydrogen) atoms. The number of para-hydroxylation sites is 3. The fourth-order valence-electron chi connectivity index (χ4n) is 3.68. The molecule has 0 fully saturated rings. The van der Waals surface area contributed by atoms with Crippen molar-refractivity contribution in [2.75, 3.05) is 29.9 Å². The van der Waals surface area contributed by atoms with E-state index < -0.39 is 0 Å². The van der Waals surface area contributed by atoms with Crippen LogP contribution in [0.3, 0.4) is 0 Å². The van der Waals surface area contributed by atoms with E-state index in [1.807, 2.05) is 60.7 Å². The second-order valence-corrected chi connectivity index (χ2v) is 7.23. The number of ether oxygens (including phenoxy) is 1. The van der Waals surface area contributed by atoms with E-state index in [1.165, 1.54) is 0 Å². The lowest BCUT2D eigenvalue weighted by Gasteiger charge is -2.29. The maximum absolute atomic E-state index is 12.4. The lowest BCUT2D eigenvalue weighted by Crippen LogP contribution is -2.39. The van der Waals surface area contributed by atoms with Crippen LogP contribution in [0.5, 0.6) is 5.75 Å². The molecule has 2 aromatic carbocycles. The molecule has 0 saturated carbocycles. The summed E-state index contributed by atoms with van der Waals surface area (Å²) in [5, 5.41) is 4.41. The van der Waals surface area contributed by atoms with Crippen molar-refractivity contribution in [1.82, 2.24) is 15.0 Å². The average Bonchev–Trinajstić information content (AvgIpc) is 2.83. The number of amides is 1. The predicted octanol–water partition coefficient (Wildman–Crippen LogP) is 3.92. The van der Waals surface area contributed by atoms with Crippen LogP contribution in [-0.2, 0) is 4.79 Å². The van der Waals surface area contributed by atoms with E-state index in [2.05, 4.69) is 10.3 Å². The molecule has 0 unspecified atom stereocenters. The molecule has 154 valence electrons. The molecule has 1 aliphatic heterocycles. The molecule has 4 aromatic rings. The van der Waals surface area contributed by atoms with Gasteiger partial charge < -0.3 is 15.0 Å². The number of fused-ring (bicyclic) bond motifs is 2. The van der Waals surface area contributed by atoms with Crippen LogP contribution in [-0.4, -0.2) is 40.6 Å². The lowest BCUT2D eigenvalue weighted by molar-refractivity contribution is -0.121. The molecule has 0 saturated heterocycles. The summed E-state index contributed by atoms with van der Waals surface area (Å²) in [6.07, 6.45) is 4.24. The van der Waals surface area contributed by atoms with Gasteiger partial charge in [0.2, 0.25) is 0 Å². The molecule has 0 aliphatic carbocycles. The Bertz CT molecular complexity index is 1230. The van der Waals surface area contributed by atoms with Crippen molar-refractivity contribution in [3.63, 3.8) is 0 Å². The normalized spacial score (nSPS) is 13.0. The number of hydrogen-bond acceptors (Lipinski definition) is 6. The van der Waals surface area contributed by atoms with Gasteiger partial charge in [-0.15, -0.1) is 0 Å². The summed E-state index contributed by atoms with van der Waals surface area (Å²) >= 11 is 0. The molecule has 0 radical (unpaired) electrons. The number of nitrogens with one attached hydrogen (secondary N) is 1. The third-order valence-electron chi connectivity index (χ3n) is 5.20. The summed E-state index contributed by atoms with van der Waals surface area (Å²) in [5.74, 6) is 2.16. The number of anilines is 2. The van der Waals surface area contributed by atoms with Crippen LogP contribution in [0.15, 0.2) is 73.1 Å². The number of pyridine rings is 1. The first-order chi connectivity index (χ1) is 15.3. The van der Waals surface area contributed by atoms with Crippen molar-refractivity contribution >= 4 is 28.3 Å². The Kier molecular flexibility index (Phi) is 5.14. The molecule has 7 nitrogen and oxygen atoms in total. The van der Waals surface area contributed by atoms with E-state index in [-0.39, 0.29) is 12.5 Å². The average molecular weight is 411 g/mol. The van der Waals surface area contributed by atoms with Crippen LogP contribution in [0.1, 0.15) is 6.42 Å². The Morgan fingerprint density at radius 2 is 1.77 bits per heavy atom. The van der Waals surface area contributed by atoms with E-state index in [0.717, 1.165) is 40.1 Å². The number of rotatable bonds is 6. The van der Waals surface area contributed by atoms with Crippen molar-refractivity contribution in [3.05, 3.63) is 73.1 Å². The Morgan fingerprint density at radius 3 is 2.68 bits per heavy atom. The summed E-state index contributed by atoms with van der Waals surface area (Å²) in [5.41, 5.74) is 2.62. The van der Waals surface area contributed by atoms with Crippen molar-refractivity contribution in [2.45, 2.75) is 6.42 Å². The van der Waals surface area contributed by atoms with Gasteiger partial charge in [0.1, 0.15) is 11.6 Å². The first kappa shape index (κ1) is 19.0. The highest BCUT2D eigenvalue weighted by molar-refractivity contribution is 5.97. The highest BCUT2D eigenvalue weighted by Gasteiger charge is 2.24. The number of benzene rings is 2. The molecule has 7 heteroatoms. The summed E-state index contributed by atoms with van der Waals surface area (Å²) in [4.78, 5) is 27.7. The first-order valence-electron chi connectivity index (χ1n) is 10.2. The topological polar surface area (TPSA) is 80.2 Å². The molecular weight excluding hydrogens is 390 g/mol. The summed E-state index contributed by atoms with van der Waals surface area (Å²) in [6.45, 7) is 1.35. The van der Waals surface area contributed by atoms with Crippen LogP contribution in [0, 0.1) is 0 Å². The van der Waals surface area contributed by atoms with E-state index >= 15 is 0 Å². The van der Waals surface area contributed by atoms with Crippen LogP contribution in [0.4, 0.5) is 11.5 Å². The van der Waals surface area contributed by atoms with Gasteiger partial charge in [-0.2, -0.15) is 0 Å². The highest BCUT2D eigenvalue weighted by atomic mass is 16.5. The van der Waals surface area contributed by atoms with Crippen LogP contribution < -0.4 is 15.0 Å². The van der Waals surface area contributed by atoms with Crippen LogP contribution in [0.25, 0.3) is 22.3 Å². The number of carbonyl (C=O) groups is 1. The van der Waals surface area contributed by atoms with Gasteiger partial charge in [-0.1, -0.05) is 24.3 Å². The van der Waals surface area contributed by atoms with E-state index in [1.54, 1.807) is 17.3 Å². The zero-order chi connectivity index (χ0) is 21.0. The number of aromatic nitrogens is 3. The van der Waals surface area contributed by atoms with Crippen molar-refractivity contribution in [2.24, 2.45) is 0 Å². The molecule has 5 rings (SSSR count). The molecule has 1 amide bonds. The maximum Gasteiger partial charge on any atom is 0.265 e. The lowest BCUT2D eigenvalue weighted by atomic mass is 10.2. The van der Waals surface area contributed by atoms with Crippen LogP contribution in [0.2, 0.25) is 0 Å². The number of nitrogens with zero attached hydrogens (tertiary/aromatic N) is 4. The maximum atomic E-state index is 12.4. The Hall–Kier alpha value is -4.00. The molecule has 3 heterocycles. The summed E-state index contributed by atoms with van der Waals surface area (Å²) in [6, 6.07) is 19.4. The molecule has 2 aromatic heterocycles. The molecule has 1 aliphatic rings. The minimum Gasteiger partial charge on any atom is -0.482 e. The van der Waals surface area contributed by atoms with E-state index in [9.17, 15) is 4.79 Å². The smallest absolute Gasteiger partial charge is 0.265 e. The predicted molar refractivity (Wildman–Crippen MR) is 120 cm³/mol. The second-order valence-electron chi connectivity index (χ2n) is 7.23. The Labute approximate surface area is 179 Å². The van der Waals surface area contributed by atoms with Crippen molar-refractivity contribution in [1.29, 1.82) is 0 Å². The quantitative estimate of drug-likeness (QED) is 0.485. The third kappa shape index (κ3) is 3.90. The standard InChI is InChI=1S/C24H21N5O2/c30-22-16-31-21-9-4-3-8-20(21)29(22)15-5-12-26-24-18-6-1-2-7-19(18)27-23(28-24)17-10-13-25-14-11-17/h1-4,6-11,13-14H,5,12,15-16H2,(H,26,27,28). The Balaban J connectivity index is 1.33. The largest absolute Gasteiger partial charge is 0.482 e. The van der Waals surface area contributed by atoms with Gasteiger partial charge in [-0.3, -0.25) is 9.78 Å². The monoisotopic (exact) mass is 411 g/mol. The van der Waals surface area contributed by atoms with Gasteiger partial charge in [-0.25, -0.2) is 9.97 Å². The van der Waals surface area contributed by atoms with Crippen molar-refractivity contribution < 1.29 is 9.53 Å². The third-order valence-corrected chi connectivity index (χ3v) is 5.20. The van der Waals surface area contributed by atoms with E-state index in [0.29, 0.717) is 18.9 Å². The Morgan fingerprint density at radius 1 is 0.968 bits per heavy atom. The van der Waals surface area contributed by atoms with Gasteiger partial charge in [-0.05, 0) is 42.8 Å². The zero-order valence-corrected chi connectivity index (χ0v) is 16.9. The van der Waals surface area contributed by atoms with Gasteiger partial charge in [0, 0.05) is 36.4 Å². The fraction of sp³-hybridized carbons (Fsp3) is 0.167. The van der Waals surface area contributed by atoms with Crippen LogP contribution >= 0.6 is 0 Å². The SMILES string of the molecule is O=C1COc2ccccc2N1CCCNc1nc(-c2ccncc2)nc2ccccc12. The van der Waals surface area contributed by atoms with E-state index in [4.69, 9.17) is 14.7 Å². The molecule has 1 N–H and O–H groups in total. The summed E-state index contributed by atoms with van der Waals surface area (Å²) in [7, 11) is 0. The number of hydrogen-bond donors (Lipinski definition) is 1. The highest BCUT2D eigenvalue weighted by Crippen LogP contribution is 2.31. The van der Waals surface area contributed by atoms with Gasteiger partial charge in [0.05, 0.1) is 11.2 Å². The van der Waals surface area contributed by atoms with Gasteiger partial charge >= 0.3 is 0 Å². The minimum absolute atomic E-state index is 0.0221. The minimum atomic E-state index is -0.0221. The molecule has 0 bridgehead atoms. The van der Waals surface area contributed by atoms with Crippen molar-refractivity contribution in [3.8, 4) is 17.1 Å².